The highest BCUT2D eigenvalue weighted by molar-refractivity contribution is 6.93. The van der Waals surface area contributed by atoms with Crippen LogP contribution < -0.4 is 4.90 Å². The summed E-state index contributed by atoms with van der Waals surface area (Å²) in [4.78, 5) is 13.9. The molecule has 0 aliphatic heterocycles. The molecule has 0 aromatic heterocycles. The van der Waals surface area contributed by atoms with Gasteiger partial charge >= 0.3 is 48.3 Å². The molecule has 0 saturated carbocycles. The van der Waals surface area contributed by atoms with Gasteiger partial charge in [0.25, 0.3) is 0 Å². The van der Waals surface area contributed by atoms with Crippen molar-refractivity contribution in [3.05, 3.63) is 67.2 Å². The fourth-order valence-electron chi connectivity index (χ4n) is 3.26. The largest absolute Gasteiger partial charge is 0.478 e. The summed E-state index contributed by atoms with van der Waals surface area (Å²) < 4.78 is 208. The summed E-state index contributed by atoms with van der Waals surface area (Å²) in [6, 6.07) is 4.76. The van der Waals surface area contributed by atoms with E-state index in [1.165, 1.54) is 28.1 Å². The topological polar surface area (TPSA) is 48.0 Å². The lowest BCUT2D eigenvalue weighted by molar-refractivity contribution is -0.564. The Morgan fingerprint density at radius 3 is 1.59 bits per heavy atom. The summed E-state index contributed by atoms with van der Waals surface area (Å²) in [5, 5.41) is 0. The number of anilines is 1. The Morgan fingerprint density at radius 1 is 0.727 bits per heavy atom. The number of nitrogens with zero attached hydrogens (tertiary/aromatic N) is 1. The van der Waals surface area contributed by atoms with Crippen LogP contribution in [0.5, 0.6) is 0 Å². The quantitative estimate of drug-likeness (QED) is 0.130. The number of ether oxygens (including phenoxy) is 2. The molecule has 2 unspecified atom stereocenters. The van der Waals surface area contributed by atoms with E-state index in [1.807, 2.05) is 0 Å². The summed E-state index contributed by atoms with van der Waals surface area (Å²) in [6.07, 6.45) is -37.4. The molecule has 1 aromatic carbocycles. The van der Waals surface area contributed by atoms with E-state index in [4.69, 9.17) is 0 Å². The van der Waals surface area contributed by atoms with Crippen molar-refractivity contribution in [3.8, 4) is 0 Å². The molecule has 0 spiro atoms. The molecule has 0 fully saturated rings. The molecule has 44 heavy (non-hydrogen) atoms. The number of carbonyl (C=O) groups is 1. The van der Waals surface area contributed by atoms with Crippen LogP contribution in [0, 0.1) is 0 Å². The maximum absolute atomic E-state index is 15.4. The molecule has 5 nitrogen and oxygen atoms in total. The molecule has 0 radical (unpaired) electrons. The number of halogens is 15. The fraction of sp³-hybridized carbons (Fsp3) is 0.435. The summed E-state index contributed by atoms with van der Waals surface area (Å²) >= 11 is 0. The van der Waals surface area contributed by atoms with Crippen molar-refractivity contribution in [2.75, 3.05) is 11.4 Å². The highest BCUT2D eigenvalue weighted by Gasteiger charge is 2.83. The van der Waals surface area contributed by atoms with Crippen molar-refractivity contribution in [1.82, 2.24) is 0 Å². The molecule has 250 valence electrons. The molecule has 0 aliphatic rings. The van der Waals surface area contributed by atoms with Crippen molar-refractivity contribution in [1.29, 1.82) is 0 Å². The molecule has 1 amide bonds. The third kappa shape index (κ3) is 7.60. The molecular weight excluding hydrogens is 667 g/mol. The number of amides is 1. The summed E-state index contributed by atoms with van der Waals surface area (Å²) in [5.74, 6) is -17.8. The molecule has 0 aliphatic carbocycles. The predicted octanol–water partition coefficient (Wildman–Crippen LogP) is 8.20. The fourth-order valence-corrected chi connectivity index (χ4v) is 5.14. The Hall–Kier alpha value is -3.04. The van der Waals surface area contributed by atoms with Crippen LogP contribution in [-0.2, 0) is 19.2 Å². The first kappa shape index (κ1) is 39.0. The lowest BCUT2D eigenvalue weighted by atomic mass is 10.1. The van der Waals surface area contributed by atoms with Gasteiger partial charge in [0, 0.05) is 12.2 Å². The van der Waals surface area contributed by atoms with Crippen molar-refractivity contribution in [2.45, 2.75) is 54.9 Å². The van der Waals surface area contributed by atoms with E-state index in [0.717, 1.165) is 24.3 Å². The Labute approximate surface area is 239 Å². The van der Waals surface area contributed by atoms with Gasteiger partial charge < -0.3 is 4.90 Å². The number of carbonyl (C=O) groups excluding carboxylic acids is 1. The summed E-state index contributed by atoms with van der Waals surface area (Å²) in [5.41, 5.74) is 3.38. The van der Waals surface area contributed by atoms with E-state index in [0.29, 0.717) is 0 Å². The van der Waals surface area contributed by atoms with Crippen molar-refractivity contribution in [2.24, 2.45) is 0 Å². The Bertz CT molecular complexity index is 1160. The average Bonchev–Trinajstić information content (AvgIpc) is 2.91. The van der Waals surface area contributed by atoms with Gasteiger partial charge in [-0.2, -0.15) is 61.5 Å². The van der Waals surface area contributed by atoms with Crippen LogP contribution in [-0.4, -0.2) is 62.9 Å². The van der Waals surface area contributed by atoms with E-state index in [9.17, 15) is 66.4 Å². The first-order chi connectivity index (χ1) is 19.8. The molecular formula is C23H20F15NO4Si. The Kier molecular flexibility index (Phi) is 11.6. The number of rotatable bonds is 16. The Balaban J connectivity index is 3.75. The lowest BCUT2D eigenvalue weighted by Gasteiger charge is -2.40. The zero-order valence-corrected chi connectivity index (χ0v) is 22.6. The number of benzene rings is 1. The molecule has 0 bridgehead atoms. The van der Waals surface area contributed by atoms with Gasteiger partial charge in [-0.3, -0.25) is 14.3 Å². The minimum atomic E-state index is -7.81. The SMILES string of the molecule is C=C[Si](C=C)(C=C)CCCN(C(=O)C(F)(OC(F)(F)C(F)(OC(F)(F)C(F)(F)OF)C(F)(F)F)C(F)(F)F)c1ccccc1. The molecule has 2 atom stereocenters. The highest BCUT2D eigenvalue weighted by Crippen LogP contribution is 2.55. The van der Waals surface area contributed by atoms with Gasteiger partial charge in [0.1, 0.15) is 8.07 Å². The number of hydrogen-bond donors (Lipinski definition) is 0. The Morgan fingerprint density at radius 2 is 1.20 bits per heavy atom. The summed E-state index contributed by atoms with van der Waals surface area (Å²) in [7, 11) is -2.80. The van der Waals surface area contributed by atoms with Crippen LogP contribution in [0.3, 0.4) is 0 Å². The third-order valence-electron chi connectivity index (χ3n) is 5.80. The summed E-state index contributed by atoms with van der Waals surface area (Å²) in [6.45, 7) is 9.55. The zero-order chi connectivity index (χ0) is 34.6. The van der Waals surface area contributed by atoms with Crippen molar-refractivity contribution >= 4 is 19.7 Å². The minimum Gasteiger partial charge on any atom is -0.307 e. The minimum absolute atomic E-state index is 0.0716. The molecule has 1 aromatic rings. The van der Waals surface area contributed by atoms with E-state index < -0.39 is 75.0 Å². The highest BCUT2D eigenvalue weighted by atomic mass is 28.3. The normalized spacial score (nSPS) is 16.4. The second-order valence-electron chi connectivity index (χ2n) is 8.64. The van der Waals surface area contributed by atoms with E-state index in [-0.39, 0.29) is 10.9 Å². The van der Waals surface area contributed by atoms with E-state index in [1.54, 1.807) is 4.74 Å². The number of para-hydroxylation sites is 1. The molecule has 0 saturated heterocycles. The molecule has 21 heteroatoms. The monoisotopic (exact) mass is 687 g/mol. The van der Waals surface area contributed by atoms with Crippen LogP contribution in [0.1, 0.15) is 6.42 Å². The maximum Gasteiger partial charge on any atom is 0.478 e. The maximum atomic E-state index is 15.4. The second-order valence-corrected chi connectivity index (χ2v) is 12.6. The first-order valence-electron chi connectivity index (χ1n) is 11.4. The van der Waals surface area contributed by atoms with Crippen LogP contribution in [0.25, 0.3) is 0 Å². The van der Waals surface area contributed by atoms with Gasteiger partial charge in [0.2, 0.25) is 0 Å². The molecule has 0 N–H and O–H groups in total. The van der Waals surface area contributed by atoms with Crippen LogP contribution in [0.15, 0.2) is 67.2 Å². The average molecular weight is 687 g/mol. The van der Waals surface area contributed by atoms with E-state index >= 15 is 4.39 Å². The van der Waals surface area contributed by atoms with Gasteiger partial charge in [-0.25, -0.2) is 0 Å². The zero-order valence-electron chi connectivity index (χ0n) is 21.6. The number of alkyl halides is 14. The predicted molar refractivity (Wildman–Crippen MR) is 124 cm³/mol. The van der Waals surface area contributed by atoms with Crippen LogP contribution in [0.2, 0.25) is 6.04 Å². The van der Waals surface area contributed by atoms with Crippen LogP contribution in [0.4, 0.5) is 71.7 Å². The van der Waals surface area contributed by atoms with Crippen molar-refractivity contribution < 1.29 is 85.2 Å². The van der Waals surface area contributed by atoms with Gasteiger partial charge in [-0.05, 0) is 29.1 Å². The standard InChI is InChI=1S/C23H20F15NO4Si/c1-4-44(5-2,6-3)14-10-13-39(15-11-8-7-9-12-15)16(40)17(24,19(26,27)28)41-21(32,33)18(25,20(29,30)31)42-22(34,35)23(36,37)43-38/h4-9,11-12H,1-3,10,13-14H2. The smallest absolute Gasteiger partial charge is 0.307 e. The van der Waals surface area contributed by atoms with Gasteiger partial charge in [-0.1, -0.05) is 35.3 Å². The number of hydrogen-bond acceptors (Lipinski definition) is 4. The lowest BCUT2D eigenvalue weighted by Crippen LogP contribution is -2.68. The van der Waals surface area contributed by atoms with Crippen LogP contribution >= 0.6 is 0 Å². The van der Waals surface area contributed by atoms with Gasteiger partial charge in [0.05, 0.1) is 0 Å². The molecule has 0 heterocycles. The van der Waals surface area contributed by atoms with Crippen molar-refractivity contribution in [3.63, 3.8) is 0 Å². The first-order valence-corrected chi connectivity index (χ1v) is 13.8. The second kappa shape index (κ2) is 13.1. The molecule has 1 rings (SSSR count). The van der Waals surface area contributed by atoms with Gasteiger partial charge in [-0.15, -0.1) is 24.7 Å². The van der Waals surface area contributed by atoms with E-state index in [2.05, 4.69) is 24.5 Å². The van der Waals surface area contributed by atoms with Gasteiger partial charge in [0.15, 0.2) is 0 Å². The third-order valence-corrected chi connectivity index (χ3v) is 9.30.